The number of benzene rings is 1. The molecule has 0 aliphatic heterocycles. The summed E-state index contributed by atoms with van der Waals surface area (Å²) >= 11 is 0. The number of nitrogens with one attached hydrogen (secondary N) is 1. The molecule has 0 saturated carbocycles. The minimum absolute atomic E-state index is 0.0815. The summed E-state index contributed by atoms with van der Waals surface area (Å²) in [5.41, 5.74) is 0.885. The molecule has 0 saturated heterocycles. The van der Waals surface area contributed by atoms with Crippen LogP contribution in [0.15, 0.2) is 22.7 Å². The average Bonchev–Trinajstić information content (AvgIpc) is 2.85. The largest absolute Gasteiger partial charge is 0.360 e. The molecule has 1 aromatic carbocycles. The first-order valence-corrected chi connectivity index (χ1v) is 6.78. The average molecular weight is 292 g/mol. The van der Waals surface area contributed by atoms with Gasteiger partial charge < -0.3 is 9.84 Å². The van der Waals surface area contributed by atoms with Gasteiger partial charge in [-0.25, -0.2) is 8.78 Å². The third-order valence-corrected chi connectivity index (χ3v) is 3.68. The zero-order chi connectivity index (χ0) is 15.0. The van der Waals surface area contributed by atoms with Crippen LogP contribution in [0.3, 0.4) is 0 Å². The molecule has 21 heavy (non-hydrogen) atoms. The van der Waals surface area contributed by atoms with E-state index in [0.717, 1.165) is 36.3 Å². The number of amides is 1. The maximum Gasteiger partial charge on any atom is 0.278 e. The van der Waals surface area contributed by atoms with Gasteiger partial charge in [-0.1, -0.05) is 12.1 Å². The van der Waals surface area contributed by atoms with Crippen molar-refractivity contribution in [3.8, 4) is 0 Å². The predicted octanol–water partition coefficient (Wildman–Crippen LogP) is 3.33. The molecule has 110 valence electrons. The monoisotopic (exact) mass is 292 g/mol. The second-order valence-corrected chi connectivity index (χ2v) is 5.36. The molecule has 0 spiro atoms. The smallest absolute Gasteiger partial charge is 0.278 e. The highest BCUT2D eigenvalue weighted by Crippen LogP contribution is 2.28. The lowest BCUT2D eigenvalue weighted by Crippen LogP contribution is -2.18. The van der Waals surface area contributed by atoms with Crippen molar-refractivity contribution in [2.45, 2.75) is 26.2 Å². The van der Waals surface area contributed by atoms with Crippen LogP contribution in [0.5, 0.6) is 0 Å². The van der Waals surface area contributed by atoms with Gasteiger partial charge in [-0.3, -0.25) is 4.79 Å². The molecule has 3 rings (SSSR count). The van der Waals surface area contributed by atoms with E-state index in [1.54, 1.807) is 0 Å². The number of aryl methyl sites for hydroxylation is 1. The van der Waals surface area contributed by atoms with Gasteiger partial charge in [-0.15, -0.1) is 0 Å². The first-order valence-electron chi connectivity index (χ1n) is 6.78. The van der Waals surface area contributed by atoms with Crippen LogP contribution >= 0.6 is 0 Å². The number of rotatable bonds is 2. The molecular weight excluding hydrogens is 278 g/mol. The highest BCUT2D eigenvalue weighted by atomic mass is 19.1. The second-order valence-electron chi connectivity index (χ2n) is 5.36. The third kappa shape index (κ3) is 2.66. The third-order valence-electron chi connectivity index (χ3n) is 3.68. The van der Waals surface area contributed by atoms with Gasteiger partial charge >= 0.3 is 0 Å². The van der Waals surface area contributed by atoms with E-state index in [-0.39, 0.29) is 11.4 Å². The van der Waals surface area contributed by atoms with Gasteiger partial charge in [-0.2, -0.15) is 0 Å². The minimum atomic E-state index is -0.825. The van der Waals surface area contributed by atoms with E-state index in [0.29, 0.717) is 12.3 Å². The van der Waals surface area contributed by atoms with Gasteiger partial charge in [0.05, 0.1) is 5.69 Å². The Morgan fingerprint density at radius 2 is 2.24 bits per heavy atom. The maximum absolute atomic E-state index is 13.6. The number of nitrogens with zero attached hydrogens (tertiary/aromatic N) is 1. The molecule has 1 atom stereocenters. The molecular formula is C15H14F2N2O2. The van der Waals surface area contributed by atoms with Crippen LogP contribution in [0.25, 0.3) is 0 Å². The summed E-state index contributed by atoms with van der Waals surface area (Å²) in [4.78, 5) is 12.2. The summed E-state index contributed by atoms with van der Waals surface area (Å²) < 4.78 is 31.6. The summed E-state index contributed by atoms with van der Waals surface area (Å²) in [6, 6.07) is 2.98. The van der Waals surface area contributed by atoms with Gasteiger partial charge in [0, 0.05) is 18.1 Å². The van der Waals surface area contributed by atoms with Crippen LogP contribution in [-0.2, 0) is 12.8 Å². The molecule has 6 heteroatoms. The van der Waals surface area contributed by atoms with Gasteiger partial charge in [0.1, 0.15) is 17.4 Å². The number of hydrogen-bond acceptors (Lipinski definition) is 3. The van der Waals surface area contributed by atoms with E-state index in [1.165, 1.54) is 6.07 Å². The fourth-order valence-electron chi connectivity index (χ4n) is 2.53. The van der Waals surface area contributed by atoms with Gasteiger partial charge in [0.15, 0.2) is 5.69 Å². The molecule has 0 bridgehead atoms. The van der Waals surface area contributed by atoms with Crippen molar-refractivity contribution < 1.29 is 18.1 Å². The van der Waals surface area contributed by atoms with Crippen molar-refractivity contribution in [1.29, 1.82) is 0 Å². The predicted molar refractivity (Wildman–Crippen MR) is 72.0 cm³/mol. The van der Waals surface area contributed by atoms with Gasteiger partial charge in [0.2, 0.25) is 0 Å². The Morgan fingerprint density at radius 3 is 3.00 bits per heavy atom. The fourth-order valence-corrected chi connectivity index (χ4v) is 2.53. The summed E-state index contributed by atoms with van der Waals surface area (Å²) in [6.45, 7) is 2.09. The summed E-state index contributed by atoms with van der Waals surface area (Å²) in [5.74, 6) is -0.893. The topological polar surface area (TPSA) is 55.1 Å². The first-order chi connectivity index (χ1) is 10.0. The van der Waals surface area contributed by atoms with E-state index < -0.39 is 17.5 Å². The van der Waals surface area contributed by atoms with Gasteiger partial charge in [-0.05, 0) is 30.9 Å². The van der Waals surface area contributed by atoms with Crippen LogP contribution in [0.1, 0.15) is 35.2 Å². The number of anilines is 1. The lowest BCUT2D eigenvalue weighted by molar-refractivity contribution is 0.101. The van der Waals surface area contributed by atoms with Crippen LogP contribution in [0, 0.1) is 17.6 Å². The maximum atomic E-state index is 13.6. The van der Waals surface area contributed by atoms with Crippen LogP contribution in [-0.4, -0.2) is 11.1 Å². The summed E-state index contributed by atoms with van der Waals surface area (Å²) in [6.07, 6.45) is 2.46. The molecule has 0 unspecified atom stereocenters. The number of hydrogen-bond donors (Lipinski definition) is 1. The molecule has 2 aromatic rings. The molecule has 1 heterocycles. The Morgan fingerprint density at radius 1 is 1.43 bits per heavy atom. The molecule has 1 aliphatic rings. The van der Waals surface area contributed by atoms with E-state index in [4.69, 9.17) is 4.52 Å². The lowest BCUT2D eigenvalue weighted by Gasteiger charge is -2.16. The second kappa shape index (κ2) is 5.27. The standard InChI is InChI=1S/C15H14F2N2O2/c1-8-2-5-13-10(6-8)14(19-21-13)15(20)18-12-4-3-9(16)7-11(12)17/h3-4,7-8H,2,5-6H2,1H3,(H,18,20)/t8-/m0/s1. The molecule has 1 N–H and O–H groups in total. The molecule has 1 amide bonds. The van der Waals surface area contributed by atoms with Crippen molar-refractivity contribution >= 4 is 11.6 Å². The van der Waals surface area contributed by atoms with E-state index in [9.17, 15) is 13.6 Å². The Labute approximate surface area is 120 Å². The number of carbonyl (C=O) groups is 1. The number of fused-ring (bicyclic) bond motifs is 1. The Bertz CT molecular complexity index is 697. The van der Waals surface area contributed by atoms with Crippen molar-refractivity contribution in [1.82, 2.24) is 5.16 Å². The van der Waals surface area contributed by atoms with Crippen molar-refractivity contribution in [3.05, 3.63) is 46.9 Å². The SMILES string of the molecule is C[C@H]1CCc2onc(C(=O)Nc3ccc(F)cc3F)c2C1. The highest BCUT2D eigenvalue weighted by Gasteiger charge is 2.27. The molecule has 0 fully saturated rings. The quantitative estimate of drug-likeness (QED) is 0.923. The van der Waals surface area contributed by atoms with Crippen LogP contribution in [0.2, 0.25) is 0 Å². The fraction of sp³-hybridized carbons (Fsp3) is 0.333. The van der Waals surface area contributed by atoms with Crippen molar-refractivity contribution in [3.63, 3.8) is 0 Å². The molecule has 4 nitrogen and oxygen atoms in total. The summed E-state index contributed by atoms with van der Waals surface area (Å²) in [5, 5.41) is 6.19. The van der Waals surface area contributed by atoms with Crippen LogP contribution in [0.4, 0.5) is 14.5 Å². The zero-order valence-corrected chi connectivity index (χ0v) is 11.5. The zero-order valence-electron chi connectivity index (χ0n) is 11.5. The van der Waals surface area contributed by atoms with Gasteiger partial charge in [0.25, 0.3) is 5.91 Å². The lowest BCUT2D eigenvalue weighted by atomic mass is 9.88. The molecule has 1 aromatic heterocycles. The van der Waals surface area contributed by atoms with E-state index >= 15 is 0 Å². The number of aromatic nitrogens is 1. The Balaban J connectivity index is 1.85. The van der Waals surface area contributed by atoms with Crippen LogP contribution < -0.4 is 5.32 Å². The molecule has 1 aliphatic carbocycles. The number of carbonyl (C=O) groups excluding carboxylic acids is 1. The van der Waals surface area contributed by atoms with Crippen molar-refractivity contribution in [2.24, 2.45) is 5.92 Å². The first kappa shape index (κ1) is 13.7. The Hall–Kier alpha value is -2.24. The van der Waals surface area contributed by atoms with E-state index in [2.05, 4.69) is 17.4 Å². The Kier molecular flexibility index (Phi) is 3.45. The van der Waals surface area contributed by atoms with Crippen molar-refractivity contribution in [2.75, 3.05) is 5.32 Å². The molecule has 0 radical (unpaired) electrons. The van der Waals surface area contributed by atoms with E-state index in [1.807, 2.05) is 0 Å². The number of halogens is 2. The summed E-state index contributed by atoms with van der Waals surface area (Å²) in [7, 11) is 0. The highest BCUT2D eigenvalue weighted by molar-refractivity contribution is 6.04. The minimum Gasteiger partial charge on any atom is -0.360 e. The normalized spacial score (nSPS) is 17.4.